The molecule has 1 saturated heterocycles. The van der Waals surface area contributed by atoms with Crippen LogP contribution < -0.4 is 5.32 Å². The van der Waals surface area contributed by atoms with Crippen molar-refractivity contribution in [2.45, 2.75) is 56.8 Å². The molecule has 0 aliphatic carbocycles. The fourth-order valence-corrected chi connectivity index (χ4v) is 6.41. The van der Waals surface area contributed by atoms with Gasteiger partial charge in [0.1, 0.15) is 0 Å². The van der Waals surface area contributed by atoms with Crippen LogP contribution in [0.25, 0.3) is 0 Å². The lowest BCUT2D eigenvalue weighted by atomic mass is 9.90. The zero-order valence-corrected chi connectivity index (χ0v) is 20.5. The number of ether oxygens (including phenoxy) is 1. The number of nitrogens with zero attached hydrogens (tertiary/aromatic N) is 2. The molecule has 3 atom stereocenters. The summed E-state index contributed by atoms with van der Waals surface area (Å²) >= 11 is 0. The van der Waals surface area contributed by atoms with Gasteiger partial charge in [0.15, 0.2) is 0 Å². The summed E-state index contributed by atoms with van der Waals surface area (Å²) in [6, 6.07) is 13.8. The molecule has 0 aromatic heterocycles. The first-order valence-corrected chi connectivity index (χ1v) is 13.0. The first-order valence-electron chi connectivity index (χ1n) is 11.6. The number of hydrogen-bond acceptors (Lipinski definition) is 5. The van der Waals surface area contributed by atoms with E-state index in [1.165, 1.54) is 23.4 Å². The topological polar surface area (TPSA) is 96.0 Å². The van der Waals surface area contributed by atoms with Crippen LogP contribution in [0.5, 0.6) is 0 Å². The van der Waals surface area contributed by atoms with E-state index in [4.69, 9.17) is 4.74 Å². The van der Waals surface area contributed by atoms with Crippen LogP contribution in [0, 0.1) is 0 Å². The molecule has 2 amide bonds. The molecule has 8 nitrogen and oxygen atoms in total. The highest BCUT2D eigenvalue weighted by Crippen LogP contribution is 2.32. The van der Waals surface area contributed by atoms with Crippen LogP contribution in [-0.4, -0.2) is 61.3 Å². The predicted molar refractivity (Wildman–Crippen MR) is 129 cm³/mol. The Balaban J connectivity index is 1.45. The molecular weight excluding hydrogens is 454 g/mol. The Morgan fingerprint density at radius 3 is 2.32 bits per heavy atom. The average molecular weight is 486 g/mol. The number of benzene rings is 2. The number of carbonyl (C=O) groups is 2. The van der Waals surface area contributed by atoms with Gasteiger partial charge in [0.05, 0.1) is 29.6 Å². The summed E-state index contributed by atoms with van der Waals surface area (Å²) in [4.78, 5) is 27.0. The van der Waals surface area contributed by atoms with Crippen molar-refractivity contribution < 1.29 is 22.7 Å². The van der Waals surface area contributed by atoms with E-state index in [1.54, 1.807) is 17.0 Å². The molecule has 2 aromatic carbocycles. The third-order valence-electron chi connectivity index (χ3n) is 6.36. The number of sulfonamides is 1. The van der Waals surface area contributed by atoms with Gasteiger partial charge in [-0.05, 0) is 55.7 Å². The number of morpholine rings is 1. The van der Waals surface area contributed by atoms with Gasteiger partial charge in [-0.25, -0.2) is 8.42 Å². The molecule has 9 heteroatoms. The summed E-state index contributed by atoms with van der Waals surface area (Å²) < 4.78 is 33.2. The first-order chi connectivity index (χ1) is 16.1. The SMILES string of the molecule is CC(=O)N1CCc2ccccc2C1CC(=O)Nc1ccc(S(=O)(=O)N2CC(C)OC(C)C2)cc1. The lowest BCUT2D eigenvalue weighted by Gasteiger charge is -2.36. The van der Waals surface area contributed by atoms with Crippen LogP contribution in [0.3, 0.4) is 0 Å². The van der Waals surface area contributed by atoms with Crippen molar-refractivity contribution in [2.75, 3.05) is 25.0 Å². The van der Waals surface area contributed by atoms with Crippen molar-refractivity contribution in [3.8, 4) is 0 Å². The minimum Gasteiger partial charge on any atom is -0.373 e. The predicted octanol–water partition coefficient (Wildman–Crippen LogP) is 2.96. The molecule has 34 heavy (non-hydrogen) atoms. The Morgan fingerprint density at radius 2 is 1.68 bits per heavy atom. The largest absolute Gasteiger partial charge is 0.373 e. The standard InChI is InChI=1S/C25H31N3O5S/c1-17-15-27(16-18(2)33-17)34(31,32)22-10-8-21(9-11-22)26-25(30)14-24-23-7-5-4-6-20(23)12-13-28(24)19(3)29/h4-11,17-18,24H,12-16H2,1-3H3,(H,26,30). The van der Waals surface area contributed by atoms with Crippen LogP contribution in [-0.2, 0) is 30.8 Å². The van der Waals surface area contributed by atoms with E-state index >= 15 is 0 Å². The molecule has 1 fully saturated rings. The fourth-order valence-electron chi connectivity index (χ4n) is 4.82. The number of anilines is 1. The van der Waals surface area contributed by atoms with Crippen LogP contribution in [0.15, 0.2) is 53.4 Å². The molecule has 0 radical (unpaired) electrons. The summed E-state index contributed by atoms with van der Waals surface area (Å²) in [5.74, 6) is -0.298. The minimum atomic E-state index is -3.65. The van der Waals surface area contributed by atoms with E-state index in [0.29, 0.717) is 25.3 Å². The van der Waals surface area contributed by atoms with E-state index in [9.17, 15) is 18.0 Å². The van der Waals surface area contributed by atoms with Crippen molar-refractivity contribution in [2.24, 2.45) is 0 Å². The normalized spacial score (nSPS) is 23.3. The Labute approximate surface area is 200 Å². The number of carbonyl (C=O) groups excluding carboxylic acids is 2. The van der Waals surface area contributed by atoms with E-state index in [2.05, 4.69) is 5.32 Å². The summed E-state index contributed by atoms with van der Waals surface area (Å²) in [6.45, 7) is 6.43. The lowest BCUT2D eigenvalue weighted by molar-refractivity contribution is -0.132. The highest BCUT2D eigenvalue weighted by Gasteiger charge is 2.33. The number of rotatable bonds is 5. The zero-order chi connectivity index (χ0) is 24.5. The fraction of sp³-hybridized carbons (Fsp3) is 0.440. The molecular formula is C25H31N3O5S. The molecule has 4 rings (SSSR count). The molecule has 182 valence electrons. The monoisotopic (exact) mass is 485 g/mol. The Bertz CT molecular complexity index is 1160. The van der Waals surface area contributed by atoms with E-state index in [-0.39, 0.29) is 41.4 Å². The third kappa shape index (κ3) is 5.16. The summed E-state index contributed by atoms with van der Waals surface area (Å²) in [6.07, 6.45) is 0.554. The van der Waals surface area contributed by atoms with Gasteiger partial charge in [-0.3, -0.25) is 9.59 Å². The van der Waals surface area contributed by atoms with E-state index < -0.39 is 10.0 Å². The van der Waals surface area contributed by atoms with Crippen LogP contribution >= 0.6 is 0 Å². The van der Waals surface area contributed by atoms with Crippen molar-refractivity contribution >= 4 is 27.5 Å². The number of amides is 2. The quantitative estimate of drug-likeness (QED) is 0.703. The molecule has 2 aliphatic rings. The minimum absolute atomic E-state index is 0.0615. The molecule has 2 aromatic rings. The second kappa shape index (κ2) is 9.85. The average Bonchev–Trinajstić information content (AvgIpc) is 2.79. The maximum absolute atomic E-state index is 13.0. The van der Waals surface area contributed by atoms with Crippen molar-refractivity contribution in [3.63, 3.8) is 0 Å². The second-order valence-corrected chi connectivity index (χ2v) is 11.0. The summed E-state index contributed by atoms with van der Waals surface area (Å²) in [5, 5.41) is 2.85. The smallest absolute Gasteiger partial charge is 0.243 e. The van der Waals surface area contributed by atoms with Crippen LogP contribution in [0.2, 0.25) is 0 Å². The number of nitrogens with one attached hydrogen (secondary N) is 1. The first kappa shape index (κ1) is 24.4. The van der Waals surface area contributed by atoms with Crippen molar-refractivity contribution in [3.05, 3.63) is 59.7 Å². The lowest BCUT2D eigenvalue weighted by Crippen LogP contribution is -2.48. The second-order valence-electron chi connectivity index (χ2n) is 9.03. The Kier molecular flexibility index (Phi) is 7.06. The molecule has 2 aliphatic heterocycles. The summed E-state index contributed by atoms with van der Waals surface area (Å²) in [7, 11) is -3.65. The van der Waals surface area contributed by atoms with Gasteiger partial charge in [-0.15, -0.1) is 0 Å². The van der Waals surface area contributed by atoms with Crippen LogP contribution in [0.4, 0.5) is 5.69 Å². The number of hydrogen-bond donors (Lipinski definition) is 1. The maximum Gasteiger partial charge on any atom is 0.243 e. The highest BCUT2D eigenvalue weighted by molar-refractivity contribution is 7.89. The molecule has 2 heterocycles. The highest BCUT2D eigenvalue weighted by atomic mass is 32.2. The summed E-state index contributed by atoms with van der Waals surface area (Å²) in [5.41, 5.74) is 2.65. The van der Waals surface area contributed by atoms with Gasteiger partial charge >= 0.3 is 0 Å². The molecule has 3 unspecified atom stereocenters. The van der Waals surface area contributed by atoms with E-state index in [1.807, 2.05) is 38.1 Å². The van der Waals surface area contributed by atoms with Gasteiger partial charge in [-0.1, -0.05) is 24.3 Å². The molecule has 0 bridgehead atoms. The molecule has 0 saturated carbocycles. The van der Waals surface area contributed by atoms with Gasteiger partial charge < -0.3 is 15.0 Å². The van der Waals surface area contributed by atoms with Crippen molar-refractivity contribution in [1.82, 2.24) is 9.21 Å². The molecule has 0 spiro atoms. The van der Waals surface area contributed by atoms with Gasteiger partial charge in [-0.2, -0.15) is 4.31 Å². The van der Waals surface area contributed by atoms with Crippen molar-refractivity contribution in [1.29, 1.82) is 0 Å². The Morgan fingerprint density at radius 1 is 1.03 bits per heavy atom. The zero-order valence-electron chi connectivity index (χ0n) is 19.7. The van der Waals surface area contributed by atoms with E-state index in [0.717, 1.165) is 17.5 Å². The van der Waals surface area contributed by atoms with Gasteiger partial charge in [0.2, 0.25) is 21.8 Å². The third-order valence-corrected chi connectivity index (χ3v) is 8.20. The maximum atomic E-state index is 13.0. The Hall–Kier alpha value is -2.75. The van der Waals surface area contributed by atoms with Gasteiger partial charge in [0.25, 0.3) is 0 Å². The van der Waals surface area contributed by atoms with Crippen LogP contribution in [0.1, 0.15) is 44.4 Å². The van der Waals surface area contributed by atoms with Gasteiger partial charge in [0, 0.05) is 32.2 Å². The molecule has 1 N–H and O–H groups in total. The number of fused-ring (bicyclic) bond motifs is 1.